The van der Waals surface area contributed by atoms with Crippen LogP contribution in [-0.4, -0.2) is 9.97 Å². The van der Waals surface area contributed by atoms with E-state index >= 15 is 0 Å². The van der Waals surface area contributed by atoms with Gasteiger partial charge in [0.15, 0.2) is 0 Å². The SMILES string of the molecule is Cc1ccc2c(c1)CCc1nc(C)[nH]c(=O)c1-2. The average Bonchev–Trinajstić information content (AvgIpc) is 2.28. The molecule has 17 heavy (non-hydrogen) atoms. The molecule has 1 aliphatic carbocycles. The van der Waals surface area contributed by atoms with E-state index < -0.39 is 0 Å². The molecular formula is C14H14N2O. The van der Waals surface area contributed by atoms with Gasteiger partial charge in [0.2, 0.25) is 0 Å². The van der Waals surface area contributed by atoms with E-state index in [9.17, 15) is 4.79 Å². The summed E-state index contributed by atoms with van der Waals surface area (Å²) in [6, 6.07) is 6.25. The highest BCUT2D eigenvalue weighted by Gasteiger charge is 2.20. The molecule has 1 aliphatic rings. The second-order valence-corrected chi connectivity index (χ2v) is 4.63. The number of hydrogen-bond donors (Lipinski definition) is 1. The second-order valence-electron chi connectivity index (χ2n) is 4.63. The van der Waals surface area contributed by atoms with Crippen LogP contribution in [0.1, 0.15) is 22.6 Å². The van der Waals surface area contributed by atoms with Crippen molar-refractivity contribution in [3.05, 3.63) is 51.2 Å². The van der Waals surface area contributed by atoms with E-state index in [1.807, 2.05) is 19.1 Å². The number of nitrogens with zero attached hydrogens (tertiary/aromatic N) is 1. The zero-order valence-corrected chi connectivity index (χ0v) is 10.0. The second kappa shape index (κ2) is 3.55. The normalized spacial score (nSPS) is 13.1. The van der Waals surface area contributed by atoms with Gasteiger partial charge in [0.25, 0.3) is 5.56 Å². The minimum atomic E-state index is -0.0164. The molecule has 0 saturated heterocycles. The van der Waals surface area contributed by atoms with Gasteiger partial charge in [-0.3, -0.25) is 4.79 Å². The Hall–Kier alpha value is -1.90. The van der Waals surface area contributed by atoms with Gasteiger partial charge in [0, 0.05) is 0 Å². The van der Waals surface area contributed by atoms with Crippen molar-refractivity contribution >= 4 is 0 Å². The topological polar surface area (TPSA) is 45.8 Å². The van der Waals surface area contributed by atoms with Crippen LogP contribution in [0.2, 0.25) is 0 Å². The van der Waals surface area contributed by atoms with Crippen molar-refractivity contribution < 1.29 is 0 Å². The fourth-order valence-electron chi connectivity index (χ4n) is 2.53. The molecule has 3 rings (SSSR count). The molecule has 3 nitrogen and oxygen atoms in total. The minimum Gasteiger partial charge on any atom is -0.310 e. The summed E-state index contributed by atoms with van der Waals surface area (Å²) in [6.07, 6.45) is 1.83. The Morgan fingerprint density at radius 3 is 2.88 bits per heavy atom. The zero-order chi connectivity index (χ0) is 12.0. The molecule has 1 aromatic heterocycles. The molecule has 2 aromatic rings. The Morgan fingerprint density at radius 1 is 1.24 bits per heavy atom. The van der Waals surface area contributed by atoms with Crippen molar-refractivity contribution in [2.24, 2.45) is 0 Å². The third-order valence-corrected chi connectivity index (χ3v) is 3.27. The standard InChI is InChI=1S/C14H14N2O/c1-8-3-5-11-10(7-8)4-6-12-13(11)14(17)16-9(2)15-12/h3,5,7H,4,6H2,1-2H3,(H,15,16,17). The van der Waals surface area contributed by atoms with E-state index in [2.05, 4.69) is 23.0 Å². The first-order chi connectivity index (χ1) is 8.15. The number of fused-ring (bicyclic) bond motifs is 3. The van der Waals surface area contributed by atoms with Crippen molar-refractivity contribution in [1.29, 1.82) is 0 Å². The minimum absolute atomic E-state index is 0.0164. The van der Waals surface area contributed by atoms with Gasteiger partial charge in [-0.1, -0.05) is 23.8 Å². The van der Waals surface area contributed by atoms with Crippen LogP contribution >= 0.6 is 0 Å². The van der Waals surface area contributed by atoms with Crippen LogP contribution < -0.4 is 5.56 Å². The summed E-state index contributed by atoms with van der Waals surface area (Å²) in [5, 5.41) is 0. The summed E-state index contributed by atoms with van der Waals surface area (Å²) >= 11 is 0. The van der Waals surface area contributed by atoms with Gasteiger partial charge in [-0.2, -0.15) is 0 Å². The zero-order valence-electron chi connectivity index (χ0n) is 10.0. The van der Waals surface area contributed by atoms with Gasteiger partial charge in [0.1, 0.15) is 5.82 Å². The first kappa shape index (κ1) is 10.3. The molecular weight excluding hydrogens is 212 g/mol. The summed E-state index contributed by atoms with van der Waals surface area (Å²) in [5.74, 6) is 0.698. The fourth-order valence-corrected chi connectivity index (χ4v) is 2.53. The van der Waals surface area contributed by atoms with Crippen LogP contribution in [0, 0.1) is 13.8 Å². The Morgan fingerprint density at radius 2 is 2.06 bits per heavy atom. The molecule has 0 spiro atoms. The van der Waals surface area contributed by atoms with E-state index in [1.54, 1.807) is 0 Å². The van der Waals surface area contributed by atoms with E-state index in [-0.39, 0.29) is 5.56 Å². The number of aromatic amines is 1. The van der Waals surface area contributed by atoms with Gasteiger partial charge in [-0.15, -0.1) is 0 Å². The first-order valence-corrected chi connectivity index (χ1v) is 5.85. The van der Waals surface area contributed by atoms with E-state index in [1.165, 1.54) is 11.1 Å². The maximum absolute atomic E-state index is 12.0. The molecule has 0 aliphatic heterocycles. The van der Waals surface area contributed by atoms with Gasteiger partial charge >= 0.3 is 0 Å². The molecule has 0 saturated carbocycles. The summed E-state index contributed by atoms with van der Waals surface area (Å²) in [6.45, 7) is 3.90. The van der Waals surface area contributed by atoms with Crippen LogP contribution in [0.4, 0.5) is 0 Å². The van der Waals surface area contributed by atoms with Gasteiger partial charge in [0.05, 0.1) is 11.3 Å². The number of hydrogen-bond acceptors (Lipinski definition) is 2. The van der Waals surface area contributed by atoms with Crippen LogP contribution in [0.5, 0.6) is 0 Å². The molecule has 1 aromatic carbocycles. The summed E-state index contributed by atoms with van der Waals surface area (Å²) < 4.78 is 0. The van der Waals surface area contributed by atoms with Crippen LogP contribution in [0.3, 0.4) is 0 Å². The van der Waals surface area contributed by atoms with Crippen LogP contribution in [-0.2, 0) is 12.8 Å². The Bertz CT molecular complexity index is 656. The predicted octanol–water partition coefficient (Wildman–Crippen LogP) is 2.15. The lowest BCUT2D eigenvalue weighted by atomic mass is 9.88. The molecule has 0 radical (unpaired) electrons. The van der Waals surface area contributed by atoms with Crippen molar-refractivity contribution in [2.75, 3.05) is 0 Å². The average molecular weight is 226 g/mol. The van der Waals surface area contributed by atoms with Gasteiger partial charge in [-0.25, -0.2) is 4.98 Å². The van der Waals surface area contributed by atoms with E-state index in [0.29, 0.717) is 5.82 Å². The third-order valence-electron chi connectivity index (χ3n) is 3.27. The molecule has 0 fully saturated rings. The fraction of sp³-hybridized carbons (Fsp3) is 0.286. The van der Waals surface area contributed by atoms with E-state index in [4.69, 9.17) is 0 Å². The Labute approximate surface area is 99.5 Å². The first-order valence-electron chi connectivity index (χ1n) is 5.85. The third kappa shape index (κ3) is 1.58. The molecule has 0 amide bonds. The maximum atomic E-state index is 12.0. The van der Waals surface area contributed by atoms with Crippen LogP contribution in [0.15, 0.2) is 23.0 Å². The Kier molecular flexibility index (Phi) is 2.15. The quantitative estimate of drug-likeness (QED) is 0.748. The van der Waals surface area contributed by atoms with Crippen molar-refractivity contribution in [3.63, 3.8) is 0 Å². The lowest BCUT2D eigenvalue weighted by Crippen LogP contribution is -2.20. The number of aryl methyl sites for hydroxylation is 4. The maximum Gasteiger partial charge on any atom is 0.259 e. The highest BCUT2D eigenvalue weighted by Crippen LogP contribution is 2.30. The largest absolute Gasteiger partial charge is 0.310 e. The molecule has 0 atom stereocenters. The summed E-state index contributed by atoms with van der Waals surface area (Å²) in [4.78, 5) is 19.3. The smallest absolute Gasteiger partial charge is 0.259 e. The molecule has 1 N–H and O–H groups in total. The van der Waals surface area contributed by atoms with Crippen molar-refractivity contribution in [2.45, 2.75) is 26.7 Å². The lowest BCUT2D eigenvalue weighted by molar-refractivity contribution is 0.853. The molecule has 0 bridgehead atoms. The van der Waals surface area contributed by atoms with Gasteiger partial charge in [-0.05, 0) is 37.8 Å². The molecule has 0 unspecified atom stereocenters. The number of aromatic nitrogens is 2. The number of rotatable bonds is 0. The van der Waals surface area contributed by atoms with E-state index in [0.717, 1.165) is 29.7 Å². The Balaban J connectivity index is 2.33. The van der Waals surface area contributed by atoms with Crippen molar-refractivity contribution in [3.8, 4) is 11.1 Å². The molecule has 1 heterocycles. The monoisotopic (exact) mass is 226 g/mol. The highest BCUT2D eigenvalue weighted by molar-refractivity contribution is 5.71. The molecule has 86 valence electrons. The summed E-state index contributed by atoms with van der Waals surface area (Å²) in [5.41, 5.74) is 5.22. The highest BCUT2D eigenvalue weighted by atomic mass is 16.1. The van der Waals surface area contributed by atoms with Gasteiger partial charge < -0.3 is 4.98 Å². The molecule has 3 heteroatoms. The van der Waals surface area contributed by atoms with Crippen molar-refractivity contribution in [1.82, 2.24) is 9.97 Å². The lowest BCUT2D eigenvalue weighted by Gasteiger charge is -2.18. The number of H-pyrrole nitrogens is 1. The summed E-state index contributed by atoms with van der Waals surface area (Å²) in [7, 11) is 0. The number of benzene rings is 1. The number of nitrogens with one attached hydrogen (secondary N) is 1. The van der Waals surface area contributed by atoms with Crippen LogP contribution in [0.25, 0.3) is 11.1 Å². The predicted molar refractivity (Wildman–Crippen MR) is 67.2 cm³/mol.